The molecule has 2 N–H and O–H groups in total. The summed E-state index contributed by atoms with van der Waals surface area (Å²) in [5.41, 5.74) is 0.621. The van der Waals surface area contributed by atoms with E-state index in [9.17, 15) is 13.2 Å². The van der Waals surface area contributed by atoms with Gasteiger partial charge < -0.3 is 9.67 Å². The SMILES string of the molecule is C=C(C)CNS(=O)(=O)c1cc(C(=O)O)n(C(C)C)c1. The van der Waals surface area contributed by atoms with Crippen molar-refractivity contribution in [3.63, 3.8) is 0 Å². The van der Waals surface area contributed by atoms with Crippen LogP contribution in [-0.4, -0.2) is 30.6 Å². The maximum absolute atomic E-state index is 12.0. The number of hydrogen-bond donors (Lipinski definition) is 2. The normalized spacial score (nSPS) is 11.8. The van der Waals surface area contributed by atoms with Crippen molar-refractivity contribution in [3.8, 4) is 0 Å². The third kappa shape index (κ3) is 3.68. The van der Waals surface area contributed by atoms with Crippen molar-refractivity contribution < 1.29 is 18.3 Å². The molecule has 1 heterocycles. The number of aromatic nitrogens is 1. The number of hydrogen-bond acceptors (Lipinski definition) is 3. The summed E-state index contributed by atoms with van der Waals surface area (Å²) in [7, 11) is -3.72. The average molecular weight is 286 g/mol. The predicted octanol–water partition coefficient (Wildman–Crippen LogP) is 1.62. The van der Waals surface area contributed by atoms with Crippen LogP contribution < -0.4 is 4.72 Å². The number of aromatic carboxylic acids is 1. The average Bonchev–Trinajstić information content (AvgIpc) is 2.72. The fraction of sp³-hybridized carbons (Fsp3) is 0.417. The molecule has 0 aliphatic rings. The largest absolute Gasteiger partial charge is 0.477 e. The lowest BCUT2D eigenvalue weighted by Gasteiger charge is -2.09. The highest BCUT2D eigenvalue weighted by Crippen LogP contribution is 2.19. The van der Waals surface area contributed by atoms with Crippen LogP contribution in [0.4, 0.5) is 0 Å². The van der Waals surface area contributed by atoms with Crippen LogP contribution in [0.15, 0.2) is 29.3 Å². The zero-order chi connectivity index (χ0) is 14.8. The van der Waals surface area contributed by atoms with Gasteiger partial charge >= 0.3 is 5.97 Å². The van der Waals surface area contributed by atoms with Crippen molar-refractivity contribution in [3.05, 3.63) is 30.1 Å². The Morgan fingerprint density at radius 1 is 1.53 bits per heavy atom. The molecule has 1 aromatic rings. The second-order valence-corrected chi connectivity index (χ2v) is 6.42. The highest BCUT2D eigenvalue weighted by molar-refractivity contribution is 7.89. The van der Waals surface area contributed by atoms with Crippen LogP contribution in [-0.2, 0) is 10.0 Å². The van der Waals surface area contributed by atoms with Gasteiger partial charge in [0.05, 0.1) is 0 Å². The Balaban J connectivity index is 3.18. The molecule has 6 nitrogen and oxygen atoms in total. The second kappa shape index (κ2) is 5.58. The van der Waals surface area contributed by atoms with Crippen molar-refractivity contribution in [2.75, 3.05) is 6.54 Å². The molecule has 0 amide bonds. The lowest BCUT2D eigenvalue weighted by atomic mass is 10.3. The summed E-state index contributed by atoms with van der Waals surface area (Å²) in [4.78, 5) is 11.0. The van der Waals surface area contributed by atoms with Crippen LogP contribution in [0.1, 0.15) is 37.3 Å². The minimum atomic E-state index is -3.72. The van der Waals surface area contributed by atoms with Crippen molar-refractivity contribution in [1.29, 1.82) is 0 Å². The Bertz CT molecular complexity index is 599. The maximum atomic E-state index is 12.0. The van der Waals surface area contributed by atoms with Crippen LogP contribution in [0.3, 0.4) is 0 Å². The van der Waals surface area contributed by atoms with Gasteiger partial charge in [-0.15, -0.1) is 0 Å². The van der Waals surface area contributed by atoms with Gasteiger partial charge in [0.2, 0.25) is 10.0 Å². The van der Waals surface area contributed by atoms with Gasteiger partial charge in [-0.2, -0.15) is 0 Å². The van der Waals surface area contributed by atoms with Crippen LogP contribution >= 0.6 is 0 Å². The Morgan fingerprint density at radius 3 is 2.47 bits per heavy atom. The van der Waals surface area contributed by atoms with E-state index in [2.05, 4.69) is 11.3 Å². The topological polar surface area (TPSA) is 88.4 Å². The van der Waals surface area contributed by atoms with Gasteiger partial charge in [0, 0.05) is 18.8 Å². The number of rotatable bonds is 6. The number of sulfonamides is 1. The summed E-state index contributed by atoms with van der Waals surface area (Å²) in [5.74, 6) is -1.16. The lowest BCUT2D eigenvalue weighted by Crippen LogP contribution is -2.24. The van der Waals surface area contributed by atoms with Gasteiger partial charge in [0.1, 0.15) is 10.6 Å². The smallest absolute Gasteiger partial charge is 0.352 e. The first-order valence-electron chi connectivity index (χ1n) is 5.74. The predicted molar refractivity (Wildman–Crippen MR) is 71.8 cm³/mol. The van der Waals surface area contributed by atoms with E-state index in [0.717, 1.165) is 6.07 Å². The van der Waals surface area contributed by atoms with E-state index in [0.29, 0.717) is 5.57 Å². The molecule has 106 valence electrons. The molecule has 0 bridgehead atoms. The molecule has 0 fully saturated rings. The fourth-order valence-corrected chi connectivity index (χ4v) is 2.62. The molecule has 7 heteroatoms. The van der Waals surface area contributed by atoms with Gasteiger partial charge in [0.25, 0.3) is 0 Å². The van der Waals surface area contributed by atoms with Gasteiger partial charge in [-0.1, -0.05) is 12.2 Å². The molecular formula is C12H18N2O4S. The molecule has 0 aliphatic heterocycles. The number of carboxylic acid groups (broad SMARTS) is 1. The third-order valence-electron chi connectivity index (χ3n) is 2.47. The monoisotopic (exact) mass is 286 g/mol. The van der Waals surface area contributed by atoms with Crippen molar-refractivity contribution in [1.82, 2.24) is 9.29 Å². The third-order valence-corrected chi connectivity index (χ3v) is 3.84. The van der Waals surface area contributed by atoms with Crippen LogP contribution in [0.5, 0.6) is 0 Å². The van der Waals surface area contributed by atoms with E-state index in [1.54, 1.807) is 20.8 Å². The molecule has 0 saturated carbocycles. The van der Waals surface area contributed by atoms with E-state index in [4.69, 9.17) is 5.11 Å². The standard InChI is InChI=1S/C12H18N2O4S/c1-8(2)6-13-19(17,18)10-5-11(12(15)16)14(7-10)9(3)4/h5,7,9,13H,1,6H2,2-4H3,(H,15,16). The first-order valence-corrected chi connectivity index (χ1v) is 7.22. The minimum Gasteiger partial charge on any atom is -0.477 e. The molecule has 0 aliphatic carbocycles. The van der Waals surface area contributed by atoms with Gasteiger partial charge in [-0.05, 0) is 26.8 Å². The Morgan fingerprint density at radius 2 is 2.11 bits per heavy atom. The summed E-state index contributed by atoms with van der Waals surface area (Å²) >= 11 is 0. The Labute approximate surface area is 112 Å². The van der Waals surface area contributed by atoms with E-state index in [1.807, 2.05) is 0 Å². The summed E-state index contributed by atoms with van der Waals surface area (Å²) in [6.45, 7) is 8.99. The summed E-state index contributed by atoms with van der Waals surface area (Å²) in [5, 5.41) is 9.06. The molecule has 0 atom stereocenters. The zero-order valence-corrected chi connectivity index (χ0v) is 12.0. The molecular weight excluding hydrogens is 268 g/mol. The number of carboxylic acids is 1. The molecule has 0 saturated heterocycles. The molecule has 0 spiro atoms. The molecule has 1 rings (SSSR count). The molecule has 0 aromatic carbocycles. The summed E-state index contributed by atoms with van der Waals surface area (Å²) in [6.07, 6.45) is 1.33. The Hall–Kier alpha value is -1.60. The molecule has 19 heavy (non-hydrogen) atoms. The quantitative estimate of drug-likeness (QED) is 0.778. The minimum absolute atomic E-state index is 0.0503. The fourth-order valence-electron chi connectivity index (χ4n) is 1.50. The van der Waals surface area contributed by atoms with E-state index < -0.39 is 16.0 Å². The molecule has 0 unspecified atom stereocenters. The highest BCUT2D eigenvalue weighted by Gasteiger charge is 2.22. The number of nitrogens with zero attached hydrogens (tertiary/aromatic N) is 1. The zero-order valence-electron chi connectivity index (χ0n) is 11.2. The first-order chi connectivity index (χ1) is 8.65. The van der Waals surface area contributed by atoms with Gasteiger partial charge in [0.15, 0.2) is 0 Å². The van der Waals surface area contributed by atoms with Crippen LogP contribution in [0.2, 0.25) is 0 Å². The maximum Gasteiger partial charge on any atom is 0.352 e. The highest BCUT2D eigenvalue weighted by atomic mass is 32.2. The van der Waals surface area contributed by atoms with Crippen molar-refractivity contribution in [2.24, 2.45) is 0 Å². The van der Waals surface area contributed by atoms with Gasteiger partial charge in [-0.25, -0.2) is 17.9 Å². The van der Waals surface area contributed by atoms with Crippen LogP contribution in [0.25, 0.3) is 0 Å². The number of carbonyl (C=O) groups is 1. The van der Waals surface area contributed by atoms with Crippen molar-refractivity contribution >= 4 is 16.0 Å². The van der Waals surface area contributed by atoms with E-state index >= 15 is 0 Å². The lowest BCUT2D eigenvalue weighted by molar-refractivity contribution is 0.0683. The van der Waals surface area contributed by atoms with E-state index in [1.165, 1.54) is 10.8 Å². The Kier molecular flexibility index (Phi) is 4.54. The van der Waals surface area contributed by atoms with Gasteiger partial charge in [-0.3, -0.25) is 0 Å². The number of nitrogens with one attached hydrogen (secondary N) is 1. The van der Waals surface area contributed by atoms with Crippen molar-refractivity contribution in [2.45, 2.75) is 31.7 Å². The summed E-state index contributed by atoms with van der Waals surface area (Å²) in [6, 6.07) is 1.01. The second-order valence-electron chi connectivity index (χ2n) is 4.65. The molecule has 1 aromatic heterocycles. The summed E-state index contributed by atoms with van der Waals surface area (Å²) < 4.78 is 27.8. The van der Waals surface area contributed by atoms with Crippen LogP contribution in [0, 0.1) is 0 Å². The molecule has 0 radical (unpaired) electrons. The van der Waals surface area contributed by atoms with E-state index in [-0.39, 0.29) is 23.2 Å². The first kappa shape index (κ1) is 15.5.